The number of amides is 1. The molecule has 0 fully saturated rings. The van der Waals surface area contributed by atoms with E-state index in [0.29, 0.717) is 0 Å². The predicted octanol–water partition coefficient (Wildman–Crippen LogP) is 3.22. The summed E-state index contributed by atoms with van der Waals surface area (Å²) in [6.45, 7) is 0. The Kier molecular flexibility index (Phi) is 3.28. The predicted molar refractivity (Wildman–Crippen MR) is 82.6 cm³/mol. The van der Waals surface area contributed by atoms with E-state index in [-0.39, 0.29) is 17.2 Å². The van der Waals surface area contributed by atoms with Crippen molar-refractivity contribution >= 4 is 22.4 Å². The lowest BCUT2D eigenvalue weighted by atomic mass is 10.0. The first-order chi connectivity index (χ1) is 10.2. The number of phenols is 1. The number of rotatable bonds is 2. The molecule has 1 N–H and O–H groups in total. The van der Waals surface area contributed by atoms with E-state index in [0.717, 1.165) is 16.5 Å². The summed E-state index contributed by atoms with van der Waals surface area (Å²) in [5.74, 6) is -0.274. The molecule has 104 valence electrons. The van der Waals surface area contributed by atoms with Gasteiger partial charge < -0.3 is 10.0 Å². The van der Waals surface area contributed by atoms with Crippen LogP contribution in [0.15, 0.2) is 60.9 Å². The molecule has 0 unspecified atom stereocenters. The Morgan fingerprint density at radius 1 is 1.05 bits per heavy atom. The van der Waals surface area contributed by atoms with Gasteiger partial charge in [0.2, 0.25) is 0 Å². The van der Waals surface area contributed by atoms with Gasteiger partial charge in [-0.3, -0.25) is 9.78 Å². The average Bonchev–Trinajstić information content (AvgIpc) is 2.53. The number of aromatic nitrogens is 1. The van der Waals surface area contributed by atoms with Crippen molar-refractivity contribution in [1.82, 2.24) is 4.98 Å². The molecule has 2 aromatic carbocycles. The fourth-order valence-electron chi connectivity index (χ4n) is 2.27. The number of aromatic hydroxyl groups is 1. The summed E-state index contributed by atoms with van der Waals surface area (Å²) in [5.41, 5.74) is 1.01. The third-order valence-electron chi connectivity index (χ3n) is 3.45. The standard InChI is InChI=1S/C17H14N2O2/c1-19(14-6-8-18-9-7-14)17(21)15-10-12-4-2-3-5-13(12)11-16(15)20/h2-11,20H,1H3. The zero-order valence-electron chi connectivity index (χ0n) is 11.5. The molecule has 0 aliphatic carbocycles. The van der Waals surface area contributed by atoms with E-state index in [1.807, 2.05) is 24.3 Å². The molecule has 4 nitrogen and oxygen atoms in total. The molecule has 1 aromatic heterocycles. The van der Waals surface area contributed by atoms with Gasteiger partial charge in [0.1, 0.15) is 5.75 Å². The molecule has 0 spiro atoms. The van der Waals surface area contributed by atoms with Gasteiger partial charge in [0.15, 0.2) is 0 Å². The van der Waals surface area contributed by atoms with Crippen LogP contribution >= 0.6 is 0 Å². The van der Waals surface area contributed by atoms with Gasteiger partial charge in [-0.15, -0.1) is 0 Å². The van der Waals surface area contributed by atoms with Crippen molar-refractivity contribution in [2.24, 2.45) is 0 Å². The smallest absolute Gasteiger partial charge is 0.261 e. The molecule has 0 radical (unpaired) electrons. The normalized spacial score (nSPS) is 10.5. The van der Waals surface area contributed by atoms with Crippen LogP contribution in [0.3, 0.4) is 0 Å². The lowest BCUT2D eigenvalue weighted by molar-refractivity contribution is 0.0990. The highest BCUT2D eigenvalue weighted by Gasteiger charge is 2.17. The van der Waals surface area contributed by atoms with Gasteiger partial charge >= 0.3 is 0 Å². The molecule has 1 heterocycles. The molecule has 0 aliphatic heterocycles. The van der Waals surface area contributed by atoms with Crippen molar-refractivity contribution in [1.29, 1.82) is 0 Å². The van der Waals surface area contributed by atoms with Gasteiger partial charge in [-0.05, 0) is 35.0 Å². The van der Waals surface area contributed by atoms with Crippen LogP contribution in [-0.2, 0) is 0 Å². The maximum atomic E-state index is 12.6. The monoisotopic (exact) mass is 278 g/mol. The van der Waals surface area contributed by atoms with Crippen LogP contribution < -0.4 is 4.90 Å². The van der Waals surface area contributed by atoms with Crippen LogP contribution in [-0.4, -0.2) is 23.0 Å². The molecule has 0 saturated heterocycles. The number of hydrogen-bond donors (Lipinski definition) is 1. The maximum absolute atomic E-state index is 12.6. The Morgan fingerprint density at radius 2 is 1.67 bits per heavy atom. The van der Waals surface area contributed by atoms with E-state index < -0.39 is 0 Å². The van der Waals surface area contributed by atoms with Crippen molar-refractivity contribution in [3.8, 4) is 5.75 Å². The van der Waals surface area contributed by atoms with Crippen LogP contribution in [0.25, 0.3) is 10.8 Å². The highest BCUT2D eigenvalue weighted by Crippen LogP contribution is 2.27. The molecule has 21 heavy (non-hydrogen) atoms. The number of hydrogen-bond acceptors (Lipinski definition) is 3. The van der Waals surface area contributed by atoms with Crippen LogP contribution in [0, 0.1) is 0 Å². The number of pyridine rings is 1. The molecule has 4 heteroatoms. The molecule has 0 aliphatic rings. The van der Waals surface area contributed by atoms with Gasteiger partial charge in [-0.2, -0.15) is 0 Å². The number of nitrogens with zero attached hydrogens (tertiary/aromatic N) is 2. The first kappa shape index (κ1) is 13.1. The summed E-state index contributed by atoms with van der Waals surface area (Å²) in [4.78, 5) is 18.0. The van der Waals surface area contributed by atoms with E-state index in [4.69, 9.17) is 0 Å². The van der Waals surface area contributed by atoms with Crippen LogP contribution in [0.1, 0.15) is 10.4 Å². The van der Waals surface area contributed by atoms with E-state index in [1.165, 1.54) is 4.90 Å². The van der Waals surface area contributed by atoms with E-state index in [9.17, 15) is 9.90 Å². The van der Waals surface area contributed by atoms with E-state index in [1.54, 1.807) is 43.7 Å². The van der Waals surface area contributed by atoms with Crippen LogP contribution in [0.2, 0.25) is 0 Å². The first-order valence-electron chi connectivity index (χ1n) is 6.56. The number of phenolic OH excluding ortho intramolecular Hbond substituents is 1. The molecule has 0 saturated carbocycles. The number of benzene rings is 2. The van der Waals surface area contributed by atoms with Gasteiger partial charge in [-0.1, -0.05) is 24.3 Å². The fraction of sp³-hybridized carbons (Fsp3) is 0.0588. The van der Waals surface area contributed by atoms with Crippen molar-refractivity contribution in [3.05, 3.63) is 66.5 Å². The molecule has 0 atom stereocenters. The topological polar surface area (TPSA) is 53.4 Å². The van der Waals surface area contributed by atoms with Crippen molar-refractivity contribution in [2.45, 2.75) is 0 Å². The highest BCUT2D eigenvalue weighted by molar-refractivity contribution is 6.09. The van der Waals surface area contributed by atoms with E-state index >= 15 is 0 Å². The first-order valence-corrected chi connectivity index (χ1v) is 6.56. The summed E-state index contributed by atoms with van der Waals surface area (Å²) in [5, 5.41) is 11.9. The number of anilines is 1. The quantitative estimate of drug-likeness (QED) is 0.783. The van der Waals surface area contributed by atoms with Crippen molar-refractivity contribution in [2.75, 3.05) is 11.9 Å². The summed E-state index contributed by atoms with van der Waals surface area (Å²) in [6.07, 6.45) is 3.25. The minimum absolute atomic E-state index is 0.0143. The largest absolute Gasteiger partial charge is 0.507 e. The fourth-order valence-corrected chi connectivity index (χ4v) is 2.27. The maximum Gasteiger partial charge on any atom is 0.261 e. The summed E-state index contributed by atoms with van der Waals surface area (Å²) in [7, 11) is 1.67. The molecule has 3 aromatic rings. The van der Waals surface area contributed by atoms with Gasteiger partial charge in [-0.25, -0.2) is 0 Å². The highest BCUT2D eigenvalue weighted by atomic mass is 16.3. The molecule has 0 bridgehead atoms. The summed E-state index contributed by atoms with van der Waals surface area (Å²) < 4.78 is 0. The Hall–Kier alpha value is -2.88. The minimum atomic E-state index is -0.260. The van der Waals surface area contributed by atoms with Crippen molar-refractivity contribution in [3.63, 3.8) is 0 Å². The average molecular weight is 278 g/mol. The Balaban J connectivity index is 2.03. The molecular formula is C17H14N2O2. The van der Waals surface area contributed by atoms with Gasteiger partial charge in [0.05, 0.1) is 5.56 Å². The lowest BCUT2D eigenvalue weighted by Crippen LogP contribution is -2.26. The summed E-state index contributed by atoms with van der Waals surface area (Å²) in [6, 6.07) is 14.4. The van der Waals surface area contributed by atoms with Gasteiger partial charge in [0, 0.05) is 25.1 Å². The SMILES string of the molecule is CN(C(=O)c1cc2ccccc2cc1O)c1ccncc1. The van der Waals surface area contributed by atoms with Crippen LogP contribution in [0.4, 0.5) is 5.69 Å². The van der Waals surface area contributed by atoms with Gasteiger partial charge in [0.25, 0.3) is 5.91 Å². The number of carbonyl (C=O) groups is 1. The minimum Gasteiger partial charge on any atom is -0.507 e. The number of carbonyl (C=O) groups excluding carboxylic acids is 1. The third kappa shape index (κ3) is 2.43. The second-order valence-electron chi connectivity index (χ2n) is 4.79. The third-order valence-corrected chi connectivity index (χ3v) is 3.45. The lowest BCUT2D eigenvalue weighted by Gasteiger charge is -2.18. The Bertz CT molecular complexity index is 800. The Labute approximate surface area is 122 Å². The summed E-state index contributed by atoms with van der Waals surface area (Å²) >= 11 is 0. The van der Waals surface area contributed by atoms with Crippen LogP contribution in [0.5, 0.6) is 5.75 Å². The molecule has 3 rings (SSSR count). The van der Waals surface area contributed by atoms with E-state index in [2.05, 4.69) is 4.98 Å². The molecular weight excluding hydrogens is 264 g/mol. The zero-order valence-corrected chi connectivity index (χ0v) is 11.5. The molecule has 1 amide bonds. The number of fused-ring (bicyclic) bond motifs is 1. The second-order valence-corrected chi connectivity index (χ2v) is 4.79. The van der Waals surface area contributed by atoms with Crippen molar-refractivity contribution < 1.29 is 9.90 Å². The zero-order chi connectivity index (χ0) is 14.8. The Morgan fingerprint density at radius 3 is 2.33 bits per heavy atom. The second kappa shape index (κ2) is 5.25.